The highest BCUT2D eigenvalue weighted by atomic mass is 35.5. The zero-order chi connectivity index (χ0) is 16.4. The van der Waals surface area contributed by atoms with E-state index in [9.17, 15) is 14.4 Å². The average Bonchev–Trinajstić information content (AvgIpc) is 3.37. The van der Waals surface area contributed by atoms with Crippen molar-refractivity contribution in [1.82, 2.24) is 14.9 Å². The SMILES string of the molecule is Cl.NC(CNC(=O)CCn1c(=O)[nH]c(=O)c2ccccc21)C1CC1. The molecule has 24 heavy (non-hydrogen) atoms. The van der Waals surface area contributed by atoms with Gasteiger partial charge in [-0.1, -0.05) is 12.1 Å². The number of benzene rings is 1. The third-order valence-corrected chi connectivity index (χ3v) is 4.23. The van der Waals surface area contributed by atoms with Gasteiger partial charge in [0, 0.05) is 25.6 Å². The number of H-pyrrole nitrogens is 1. The fraction of sp³-hybridized carbons (Fsp3) is 0.438. The highest BCUT2D eigenvalue weighted by Crippen LogP contribution is 2.31. The number of rotatable bonds is 6. The minimum atomic E-state index is -0.504. The van der Waals surface area contributed by atoms with Gasteiger partial charge in [0.25, 0.3) is 5.56 Å². The zero-order valence-corrected chi connectivity index (χ0v) is 14.0. The molecule has 130 valence electrons. The highest BCUT2D eigenvalue weighted by molar-refractivity contribution is 5.85. The van der Waals surface area contributed by atoms with Gasteiger partial charge < -0.3 is 11.1 Å². The van der Waals surface area contributed by atoms with E-state index in [1.807, 2.05) is 0 Å². The van der Waals surface area contributed by atoms with E-state index in [-0.39, 0.29) is 37.3 Å². The summed E-state index contributed by atoms with van der Waals surface area (Å²) < 4.78 is 1.41. The molecule has 3 rings (SSSR count). The van der Waals surface area contributed by atoms with E-state index in [0.29, 0.717) is 23.4 Å². The predicted molar refractivity (Wildman–Crippen MR) is 94.4 cm³/mol. The predicted octanol–water partition coefficient (Wildman–Crippen LogP) is 0.355. The molecule has 4 N–H and O–H groups in total. The summed E-state index contributed by atoms with van der Waals surface area (Å²) in [6.45, 7) is 0.672. The fourth-order valence-corrected chi connectivity index (χ4v) is 2.69. The van der Waals surface area contributed by atoms with Gasteiger partial charge >= 0.3 is 5.69 Å². The molecule has 0 saturated heterocycles. The van der Waals surface area contributed by atoms with Crippen molar-refractivity contribution < 1.29 is 4.79 Å². The van der Waals surface area contributed by atoms with E-state index in [1.54, 1.807) is 24.3 Å². The van der Waals surface area contributed by atoms with Crippen molar-refractivity contribution in [3.8, 4) is 0 Å². The van der Waals surface area contributed by atoms with Gasteiger partial charge in [-0.3, -0.25) is 19.1 Å². The maximum absolute atomic E-state index is 12.0. The largest absolute Gasteiger partial charge is 0.354 e. The van der Waals surface area contributed by atoms with Crippen molar-refractivity contribution in [3.05, 3.63) is 45.1 Å². The lowest BCUT2D eigenvalue weighted by atomic mass is 10.2. The number of aromatic nitrogens is 2. The molecule has 1 aliphatic rings. The van der Waals surface area contributed by atoms with Crippen LogP contribution in [0.3, 0.4) is 0 Å². The number of halogens is 1. The molecule has 1 amide bonds. The van der Waals surface area contributed by atoms with Crippen LogP contribution < -0.4 is 22.3 Å². The van der Waals surface area contributed by atoms with Gasteiger partial charge in [-0.05, 0) is 30.9 Å². The Morgan fingerprint density at radius 2 is 2.04 bits per heavy atom. The van der Waals surface area contributed by atoms with E-state index in [4.69, 9.17) is 5.73 Å². The van der Waals surface area contributed by atoms with Crippen LogP contribution in [0, 0.1) is 5.92 Å². The third-order valence-electron chi connectivity index (χ3n) is 4.23. The molecule has 2 aromatic rings. The van der Waals surface area contributed by atoms with Crippen molar-refractivity contribution in [1.29, 1.82) is 0 Å². The molecule has 1 heterocycles. The molecule has 0 radical (unpaired) electrons. The van der Waals surface area contributed by atoms with Crippen LogP contribution in [0.5, 0.6) is 0 Å². The topological polar surface area (TPSA) is 110 Å². The lowest BCUT2D eigenvalue weighted by Crippen LogP contribution is -2.39. The maximum Gasteiger partial charge on any atom is 0.328 e. The number of nitrogens with one attached hydrogen (secondary N) is 2. The minimum absolute atomic E-state index is 0. The molecule has 8 heteroatoms. The molecule has 1 unspecified atom stereocenters. The van der Waals surface area contributed by atoms with Gasteiger partial charge in [-0.2, -0.15) is 0 Å². The van der Waals surface area contributed by atoms with Crippen molar-refractivity contribution in [2.75, 3.05) is 6.54 Å². The van der Waals surface area contributed by atoms with Crippen LogP contribution in [0.1, 0.15) is 19.3 Å². The Kier molecular flexibility index (Phi) is 5.80. The molecular weight excluding hydrogens is 332 g/mol. The molecule has 1 saturated carbocycles. The van der Waals surface area contributed by atoms with Crippen LogP contribution in [0.2, 0.25) is 0 Å². The first-order valence-electron chi connectivity index (χ1n) is 7.80. The van der Waals surface area contributed by atoms with Crippen LogP contribution in [0.15, 0.2) is 33.9 Å². The van der Waals surface area contributed by atoms with E-state index in [0.717, 1.165) is 12.8 Å². The van der Waals surface area contributed by atoms with Gasteiger partial charge in [0.05, 0.1) is 10.9 Å². The summed E-state index contributed by atoms with van der Waals surface area (Å²) >= 11 is 0. The first-order valence-corrected chi connectivity index (χ1v) is 7.80. The summed E-state index contributed by atoms with van der Waals surface area (Å²) in [5.74, 6) is 0.379. The van der Waals surface area contributed by atoms with Gasteiger partial charge in [0.2, 0.25) is 5.91 Å². The van der Waals surface area contributed by atoms with Crippen LogP contribution in [-0.2, 0) is 11.3 Å². The quantitative estimate of drug-likeness (QED) is 0.697. The Hall–Kier alpha value is -2.12. The third kappa shape index (κ3) is 4.04. The summed E-state index contributed by atoms with van der Waals surface area (Å²) in [7, 11) is 0. The van der Waals surface area contributed by atoms with Crippen LogP contribution in [0.4, 0.5) is 0 Å². The standard InChI is InChI=1S/C16H20N4O3.ClH/c17-12(10-5-6-10)9-18-14(21)7-8-20-13-4-2-1-3-11(13)15(22)19-16(20)23;/h1-4,10,12H,5-9,17H2,(H,18,21)(H,19,22,23);1H. The number of hydrogen-bond acceptors (Lipinski definition) is 4. The molecule has 0 spiro atoms. The van der Waals surface area contributed by atoms with E-state index in [1.165, 1.54) is 4.57 Å². The smallest absolute Gasteiger partial charge is 0.328 e. The van der Waals surface area contributed by atoms with Crippen LogP contribution >= 0.6 is 12.4 Å². The van der Waals surface area contributed by atoms with Crippen LogP contribution in [0.25, 0.3) is 10.9 Å². The number of para-hydroxylation sites is 1. The summed E-state index contributed by atoms with van der Waals surface area (Å²) in [6.07, 6.45) is 2.43. The maximum atomic E-state index is 12.0. The minimum Gasteiger partial charge on any atom is -0.354 e. The first kappa shape index (κ1) is 18.2. The van der Waals surface area contributed by atoms with Crippen molar-refractivity contribution in [3.63, 3.8) is 0 Å². The lowest BCUT2D eigenvalue weighted by molar-refractivity contribution is -0.121. The number of carbonyl (C=O) groups excluding carboxylic acids is 1. The van der Waals surface area contributed by atoms with Gasteiger partial charge in [-0.15, -0.1) is 12.4 Å². The summed E-state index contributed by atoms with van der Waals surface area (Å²) in [4.78, 5) is 38.0. The fourth-order valence-electron chi connectivity index (χ4n) is 2.69. The zero-order valence-electron chi connectivity index (χ0n) is 13.2. The Morgan fingerprint density at radius 1 is 1.33 bits per heavy atom. The number of amides is 1. The number of nitrogens with zero attached hydrogens (tertiary/aromatic N) is 1. The van der Waals surface area contributed by atoms with E-state index >= 15 is 0 Å². The van der Waals surface area contributed by atoms with E-state index < -0.39 is 11.2 Å². The second-order valence-corrected chi connectivity index (χ2v) is 5.98. The summed E-state index contributed by atoms with van der Waals surface area (Å²) in [6, 6.07) is 6.85. The van der Waals surface area contributed by atoms with E-state index in [2.05, 4.69) is 10.3 Å². The van der Waals surface area contributed by atoms with Crippen molar-refractivity contribution in [2.45, 2.75) is 31.8 Å². The molecule has 7 nitrogen and oxygen atoms in total. The Labute approximate surface area is 144 Å². The summed E-state index contributed by atoms with van der Waals surface area (Å²) in [5.41, 5.74) is 5.55. The second-order valence-electron chi connectivity index (χ2n) is 5.98. The second kappa shape index (κ2) is 7.63. The Morgan fingerprint density at radius 3 is 2.75 bits per heavy atom. The molecule has 1 aliphatic carbocycles. The lowest BCUT2D eigenvalue weighted by Gasteiger charge is -2.12. The van der Waals surface area contributed by atoms with Gasteiger partial charge in [-0.25, -0.2) is 4.79 Å². The summed E-state index contributed by atoms with van der Waals surface area (Å²) in [5, 5.41) is 3.24. The van der Waals surface area contributed by atoms with Crippen molar-refractivity contribution in [2.24, 2.45) is 11.7 Å². The monoisotopic (exact) mass is 352 g/mol. The number of hydrogen-bond donors (Lipinski definition) is 3. The highest BCUT2D eigenvalue weighted by Gasteiger charge is 2.28. The number of aromatic amines is 1. The molecular formula is C16H21ClN4O3. The number of fused-ring (bicyclic) bond motifs is 1. The molecule has 1 aromatic carbocycles. The Balaban J connectivity index is 0.00000208. The average molecular weight is 353 g/mol. The number of nitrogens with two attached hydrogens (primary N) is 1. The Bertz CT molecular complexity index is 841. The first-order chi connectivity index (χ1) is 11.1. The number of carbonyl (C=O) groups is 1. The number of aryl methyl sites for hydroxylation is 1. The molecule has 1 fully saturated rings. The molecule has 0 bridgehead atoms. The van der Waals surface area contributed by atoms with Gasteiger partial charge in [0.1, 0.15) is 0 Å². The van der Waals surface area contributed by atoms with Gasteiger partial charge in [0.15, 0.2) is 0 Å². The van der Waals surface area contributed by atoms with Crippen molar-refractivity contribution >= 4 is 29.2 Å². The molecule has 1 atom stereocenters. The normalized spacial score (nSPS) is 14.9. The molecule has 1 aromatic heterocycles. The van der Waals surface area contributed by atoms with Crippen LogP contribution in [-0.4, -0.2) is 28.0 Å². The molecule has 0 aliphatic heterocycles.